The van der Waals surface area contributed by atoms with E-state index in [0.29, 0.717) is 22.1 Å². The Morgan fingerprint density at radius 1 is 1.56 bits per heavy atom. The molecule has 90 valence electrons. The van der Waals surface area contributed by atoms with Gasteiger partial charge in [0.15, 0.2) is 0 Å². The third-order valence-electron chi connectivity index (χ3n) is 2.23. The van der Waals surface area contributed by atoms with Crippen molar-refractivity contribution in [3.05, 3.63) is 33.5 Å². The van der Waals surface area contributed by atoms with Gasteiger partial charge in [0.25, 0.3) is 0 Å². The molecular formula is C11H15BrFNO2. The molecule has 0 saturated heterocycles. The van der Waals surface area contributed by atoms with Crippen molar-refractivity contribution < 1.29 is 14.2 Å². The Bertz CT molecular complexity index is 337. The van der Waals surface area contributed by atoms with Gasteiger partial charge in [0, 0.05) is 23.7 Å². The van der Waals surface area contributed by atoms with Crippen LogP contribution in [-0.2, 0) is 11.3 Å². The summed E-state index contributed by atoms with van der Waals surface area (Å²) in [5.74, 6) is -0.374. The van der Waals surface area contributed by atoms with E-state index in [9.17, 15) is 9.50 Å². The smallest absolute Gasteiger partial charge is 0.130 e. The molecule has 1 unspecified atom stereocenters. The van der Waals surface area contributed by atoms with Crippen LogP contribution < -0.4 is 5.32 Å². The van der Waals surface area contributed by atoms with Gasteiger partial charge < -0.3 is 15.2 Å². The molecule has 1 rings (SSSR count). The zero-order chi connectivity index (χ0) is 12.1. The van der Waals surface area contributed by atoms with Gasteiger partial charge in [0.05, 0.1) is 12.7 Å². The van der Waals surface area contributed by atoms with Gasteiger partial charge in [0.1, 0.15) is 5.82 Å². The predicted molar refractivity (Wildman–Crippen MR) is 63.7 cm³/mol. The third-order valence-corrected chi connectivity index (χ3v) is 2.94. The number of hydrogen-bond acceptors (Lipinski definition) is 3. The number of ether oxygens (including phenoxy) is 1. The van der Waals surface area contributed by atoms with E-state index < -0.39 is 6.10 Å². The van der Waals surface area contributed by atoms with Crippen LogP contribution in [0.25, 0.3) is 0 Å². The van der Waals surface area contributed by atoms with Crippen molar-refractivity contribution in [2.75, 3.05) is 20.7 Å². The predicted octanol–water partition coefficient (Wildman–Crippen LogP) is 1.99. The van der Waals surface area contributed by atoms with Crippen molar-refractivity contribution in [2.45, 2.75) is 12.7 Å². The highest BCUT2D eigenvalue weighted by Gasteiger charge is 2.13. The summed E-state index contributed by atoms with van der Waals surface area (Å²) in [5, 5.41) is 12.5. The van der Waals surface area contributed by atoms with Crippen LogP contribution in [-0.4, -0.2) is 25.8 Å². The Labute approximate surface area is 103 Å². The number of aliphatic hydroxyl groups excluding tert-OH is 1. The molecule has 1 aromatic rings. The lowest BCUT2D eigenvalue weighted by Gasteiger charge is -2.13. The molecule has 0 aliphatic carbocycles. The first-order chi connectivity index (χ1) is 7.60. The maximum atomic E-state index is 13.7. The van der Waals surface area contributed by atoms with Crippen LogP contribution in [0, 0.1) is 5.82 Å². The molecule has 1 aromatic carbocycles. The van der Waals surface area contributed by atoms with Crippen LogP contribution in [0.5, 0.6) is 0 Å². The number of hydrogen-bond donors (Lipinski definition) is 2. The van der Waals surface area contributed by atoms with E-state index in [2.05, 4.69) is 21.2 Å². The minimum Gasteiger partial charge on any atom is -0.387 e. The lowest BCUT2D eigenvalue weighted by Crippen LogP contribution is -2.17. The van der Waals surface area contributed by atoms with E-state index in [0.717, 1.165) is 0 Å². The van der Waals surface area contributed by atoms with Crippen LogP contribution in [0.15, 0.2) is 16.6 Å². The van der Waals surface area contributed by atoms with E-state index in [-0.39, 0.29) is 12.4 Å². The SMILES string of the molecule is CNCC(O)c1cc(F)c(COC)c(Br)c1. The summed E-state index contributed by atoms with van der Waals surface area (Å²) in [4.78, 5) is 0. The largest absolute Gasteiger partial charge is 0.387 e. The maximum absolute atomic E-state index is 13.7. The molecule has 0 saturated carbocycles. The maximum Gasteiger partial charge on any atom is 0.130 e. The first kappa shape index (κ1) is 13.6. The molecule has 0 fully saturated rings. The molecule has 0 amide bonds. The Morgan fingerprint density at radius 2 is 2.25 bits per heavy atom. The quantitative estimate of drug-likeness (QED) is 0.872. The Balaban J connectivity index is 2.99. The van der Waals surface area contributed by atoms with Crippen LogP contribution in [0.2, 0.25) is 0 Å². The molecule has 1 atom stereocenters. The van der Waals surface area contributed by atoms with Crippen LogP contribution in [0.1, 0.15) is 17.2 Å². The molecule has 0 spiro atoms. The van der Waals surface area contributed by atoms with E-state index in [1.165, 1.54) is 13.2 Å². The van der Waals surface area contributed by atoms with Crippen LogP contribution in [0.3, 0.4) is 0 Å². The number of methoxy groups -OCH3 is 1. The van der Waals surface area contributed by atoms with Crippen molar-refractivity contribution in [3.8, 4) is 0 Å². The van der Waals surface area contributed by atoms with E-state index in [4.69, 9.17) is 4.74 Å². The van der Waals surface area contributed by atoms with Crippen LogP contribution in [0.4, 0.5) is 4.39 Å². The number of aliphatic hydroxyl groups is 1. The summed E-state index contributed by atoms with van der Waals surface area (Å²) in [7, 11) is 3.24. The monoisotopic (exact) mass is 291 g/mol. The van der Waals surface area contributed by atoms with Gasteiger partial charge in [-0.3, -0.25) is 0 Å². The average Bonchev–Trinajstić information content (AvgIpc) is 2.23. The van der Waals surface area contributed by atoms with Gasteiger partial charge in [0.2, 0.25) is 0 Å². The Morgan fingerprint density at radius 3 is 2.75 bits per heavy atom. The number of benzene rings is 1. The van der Waals surface area contributed by atoms with Crippen molar-refractivity contribution in [3.63, 3.8) is 0 Å². The van der Waals surface area contributed by atoms with Gasteiger partial charge in [-0.1, -0.05) is 15.9 Å². The summed E-state index contributed by atoms with van der Waals surface area (Å²) >= 11 is 3.27. The molecular weight excluding hydrogens is 277 g/mol. The molecule has 0 aliphatic rings. The third kappa shape index (κ3) is 3.25. The Kier molecular flexibility index (Phi) is 5.34. The first-order valence-corrected chi connectivity index (χ1v) is 5.68. The summed E-state index contributed by atoms with van der Waals surface area (Å²) in [5.41, 5.74) is 1.00. The van der Waals surface area contributed by atoms with Gasteiger partial charge in [-0.25, -0.2) is 4.39 Å². The second kappa shape index (κ2) is 6.30. The molecule has 0 bridgehead atoms. The standard InChI is InChI=1S/C11H15BrFNO2/c1-14-5-11(15)7-3-9(12)8(6-16-2)10(13)4-7/h3-4,11,14-15H,5-6H2,1-2H3. The highest BCUT2D eigenvalue weighted by atomic mass is 79.9. The molecule has 3 nitrogen and oxygen atoms in total. The second-order valence-electron chi connectivity index (χ2n) is 3.47. The highest BCUT2D eigenvalue weighted by molar-refractivity contribution is 9.10. The van der Waals surface area contributed by atoms with Crippen LogP contribution >= 0.6 is 15.9 Å². The number of likely N-dealkylation sites (N-methyl/N-ethyl adjacent to an activating group) is 1. The number of rotatable bonds is 5. The average molecular weight is 292 g/mol. The second-order valence-corrected chi connectivity index (χ2v) is 4.32. The van der Waals surface area contributed by atoms with Gasteiger partial charge in [-0.15, -0.1) is 0 Å². The topological polar surface area (TPSA) is 41.5 Å². The summed E-state index contributed by atoms with van der Waals surface area (Å²) in [6.45, 7) is 0.588. The van der Waals surface area contributed by atoms with Crippen molar-refractivity contribution in [1.82, 2.24) is 5.32 Å². The van der Waals surface area contributed by atoms with Gasteiger partial charge >= 0.3 is 0 Å². The highest BCUT2D eigenvalue weighted by Crippen LogP contribution is 2.25. The minimum atomic E-state index is -0.715. The molecule has 0 heterocycles. The van der Waals surface area contributed by atoms with Crippen molar-refractivity contribution in [1.29, 1.82) is 0 Å². The lowest BCUT2D eigenvalue weighted by atomic mass is 10.1. The van der Waals surface area contributed by atoms with Crippen molar-refractivity contribution in [2.24, 2.45) is 0 Å². The van der Waals surface area contributed by atoms with E-state index in [1.54, 1.807) is 13.1 Å². The van der Waals surface area contributed by atoms with E-state index in [1.807, 2.05) is 0 Å². The van der Waals surface area contributed by atoms with Crippen molar-refractivity contribution >= 4 is 15.9 Å². The molecule has 5 heteroatoms. The number of nitrogens with one attached hydrogen (secondary N) is 1. The molecule has 0 radical (unpaired) electrons. The zero-order valence-corrected chi connectivity index (χ0v) is 10.8. The minimum absolute atomic E-state index is 0.203. The fourth-order valence-electron chi connectivity index (χ4n) is 1.41. The van der Waals surface area contributed by atoms with E-state index >= 15 is 0 Å². The lowest BCUT2D eigenvalue weighted by molar-refractivity contribution is 0.174. The summed E-state index contributed by atoms with van der Waals surface area (Å²) in [6.07, 6.45) is -0.715. The van der Waals surface area contributed by atoms with Gasteiger partial charge in [-0.2, -0.15) is 0 Å². The number of halogens is 2. The molecule has 16 heavy (non-hydrogen) atoms. The molecule has 0 aromatic heterocycles. The Hall–Kier alpha value is -0.490. The summed E-state index contributed by atoms with van der Waals surface area (Å²) < 4.78 is 19.2. The molecule has 2 N–H and O–H groups in total. The molecule has 0 aliphatic heterocycles. The normalized spacial score (nSPS) is 12.8. The first-order valence-electron chi connectivity index (χ1n) is 4.89. The zero-order valence-electron chi connectivity index (χ0n) is 9.26. The fourth-order valence-corrected chi connectivity index (χ4v) is 1.98. The summed E-state index contributed by atoms with van der Waals surface area (Å²) in [6, 6.07) is 3.04. The van der Waals surface area contributed by atoms with Gasteiger partial charge in [-0.05, 0) is 24.7 Å². The fraction of sp³-hybridized carbons (Fsp3) is 0.455.